The highest BCUT2D eigenvalue weighted by atomic mass is 79.9. The van der Waals surface area contributed by atoms with E-state index in [9.17, 15) is 8.78 Å². The minimum Gasteiger partial charge on any atom is -0.323 e. The van der Waals surface area contributed by atoms with Crippen molar-refractivity contribution in [1.82, 2.24) is 4.98 Å². The van der Waals surface area contributed by atoms with Gasteiger partial charge in [0.1, 0.15) is 11.6 Å². The molecular weight excluding hydrogens is 322 g/mol. The average Bonchev–Trinajstić information content (AvgIpc) is 2.70. The van der Waals surface area contributed by atoms with E-state index in [1.165, 1.54) is 23.5 Å². The zero-order chi connectivity index (χ0) is 13.3. The number of rotatable bonds is 3. The lowest BCUT2D eigenvalue weighted by molar-refractivity contribution is 0.519. The number of nitrogens with two attached hydrogens (primary N) is 1. The second-order valence-electron chi connectivity index (χ2n) is 3.93. The van der Waals surface area contributed by atoms with Gasteiger partial charge in [0.15, 0.2) is 0 Å². The molecule has 1 aromatic carbocycles. The second-order valence-corrected chi connectivity index (χ2v) is 5.84. The number of nitrogens with zero attached hydrogens (tertiary/aromatic N) is 1. The summed E-state index contributed by atoms with van der Waals surface area (Å²) in [5, 5.41) is 2.76. The summed E-state index contributed by atoms with van der Waals surface area (Å²) in [6, 6.07) is 1.78. The molecule has 0 fully saturated rings. The molecule has 1 unspecified atom stereocenters. The fraction of sp³-hybridized carbons (Fsp3) is 0.250. The Morgan fingerprint density at radius 3 is 2.78 bits per heavy atom. The molecule has 0 saturated carbocycles. The molecule has 0 radical (unpaired) electrons. The lowest BCUT2D eigenvalue weighted by Gasteiger charge is -2.13. The van der Waals surface area contributed by atoms with Crippen LogP contribution in [0.25, 0.3) is 0 Å². The van der Waals surface area contributed by atoms with Crippen LogP contribution >= 0.6 is 27.3 Å². The van der Waals surface area contributed by atoms with E-state index in [0.717, 1.165) is 10.7 Å². The number of hydrogen-bond acceptors (Lipinski definition) is 3. The Kier molecular flexibility index (Phi) is 4.09. The van der Waals surface area contributed by atoms with Crippen LogP contribution in [-0.4, -0.2) is 4.98 Å². The van der Waals surface area contributed by atoms with E-state index in [2.05, 4.69) is 20.9 Å². The smallest absolute Gasteiger partial charge is 0.145 e. The Morgan fingerprint density at radius 1 is 1.44 bits per heavy atom. The highest BCUT2D eigenvalue weighted by molar-refractivity contribution is 9.10. The summed E-state index contributed by atoms with van der Waals surface area (Å²) < 4.78 is 27.7. The summed E-state index contributed by atoms with van der Waals surface area (Å²) in [7, 11) is 0. The molecule has 2 aromatic rings. The molecular formula is C12H11BrF2N2S. The fourth-order valence-electron chi connectivity index (χ4n) is 1.71. The van der Waals surface area contributed by atoms with Gasteiger partial charge in [-0.2, -0.15) is 0 Å². The van der Waals surface area contributed by atoms with E-state index in [-0.39, 0.29) is 10.0 Å². The normalized spacial score (nSPS) is 12.7. The van der Waals surface area contributed by atoms with Crippen molar-refractivity contribution in [2.24, 2.45) is 5.73 Å². The number of aryl methyl sites for hydroxylation is 1. The highest BCUT2D eigenvalue weighted by Gasteiger charge is 2.20. The van der Waals surface area contributed by atoms with Gasteiger partial charge in [0.2, 0.25) is 0 Å². The molecule has 18 heavy (non-hydrogen) atoms. The van der Waals surface area contributed by atoms with Crippen molar-refractivity contribution in [1.29, 1.82) is 0 Å². The van der Waals surface area contributed by atoms with Crippen LogP contribution in [-0.2, 0) is 6.42 Å². The van der Waals surface area contributed by atoms with Crippen LogP contribution in [0.4, 0.5) is 8.78 Å². The van der Waals surface area contributed by atoms with E-state index in [1.807, 2.05) is 12.3 Å². The van der Waals surface area contributed by atoms with Gasteiger partial charge in [0.25, 0.3) is 0 Å². The van der Waals surface area contributed by atoms with Crippen molar-refractivity contribution in [2.75, 3.05) is 0 Å². The molecule has 0 spiro atoms. The summed E-state index contributed by atoms with van der Waals surface area (Å²) in [5.41, 5.74) is 6.52. The van der Waals surface area contributed by atoms with Crippen LogP contribution in [0.1, 0.15) is 22.3 Å². The Morgan fingerprint density at radius 2 is 2.17 bits per heavy atom. The minimum atomic E-state index is -0.746. The second kappa shape index (κ2) is 5.42. The maximum Gasteiger partial charge on any atom is 0.145 e. The Bertz CT molecular complexity index is 571. The largest absolute Gasteiger partial charge is 0.323 e. The lowest BCUT2D eigenvalue weighted by Crippen LogP contribution is -2.17. The van der Waals surface area contributed by atoms with Gasteiger partial charge in [-0.15, -0.1) is 11.3 Å². The Labute approximate surface area is 116 Å². The van der Waals surface area contributed by atoms with E-state index in [0.29, 0.717) is 6.42 Å². The molecule has 2 nitrogen and oxygen atoms in total. The van der Waals surface area contributed by atoms with Gasteiger partial charge in [-0.1, -0.05) is 0 Å². The number of aromatic nitrogens is 1. The summed E-state index contributed by atoms with van der Waals surface area (Å²) in [5.74, 6) is -1.27. The number of hydrogen-bond donors (Lipinski definition) is 1. The van der Waals surface area contributed by atoms with Crippen molar-refractivity contribution >= 4 is 27.3 Å². The first kappa shape index (κ1) is 13.6. The first-order chi connectivity index (χ1) is 8.49. The van der Waals surface area contributed by atoms with Crippen molar-refractivity contribution in [3.63, 3.8) is 0 Å². The molecule has 0 amide bonds. The first-order valence-electron chi connectivity index (χ1n) is 5.29. The minimum absolute atomic E-state index is 0.102. The lowest BCUT2D eigenvalue weighted by atomic mass is 10.0. The quantitative estimate of drug-likeness (QED) is 0.869. The number of thiazole rings is 1. The van der Waals surface area contributed by atoms with Crippen molar-refractivity contribution in [3.8, 4) is 0 Å². The van der Waals surface area contributed by atoms with Crippen LogP contribution in [0, 0.1) is 18.6 Å². The van der Waals surface area contributed by atoms with Crippen LogP contribution in [0.2, 0.25) is 0 Å². The van der Waals surface area contributed by atoms with E-state index >= 15 is 0 Å². The summed E-state index contributed by atoms with van der Waals surface area (Å²) in [6.45, 7) is 1.87. The molecule has 0 bridgehead atoms. The Balaban J connectivity index is 2.28. The summed E-state index contributed by atoms with van der Waals surface area (Å²) in [6.07, 6.45) is 0.314. The predicted octanol–water partition coefficient (Wildman–Crippen LogP) is 3.73. The van der Waals surface area contributed by atoms with E-state index in [1.54, 1.807) is 0 Å². The topological polar surface area (TPSA) is 38.9 Å². The van der Waals surface area contributed by atoms with E-state index < -0.39 is 17.7 Å². The molecule has 0 aliphatic rings. The van der Waals surface area contributed by atoms with Crippen LogP contribution < -0.4 is 5.73 Å². The molecule has 0 saturated heterocycles. The fourth-order valence-corrected chi connectivity index (χ4v) is 2.68. The molecule has 0 aliphatic heterocycles. The van der Waals surface area contributed by atoms with Crippen molar-refractivity contribution in [2.45, 2.75) is 19.4 Å². The van der Waals surface area contributed by atoms with Gasteiger partial charge < -0.3 is 5.73 Å². The maximum atomic E-state index is 13.8. The molecule has 2 N–H and O–H groups in total. The molecule has 0 aliphatic carbocycles. The van der Waals surface area contributed by atoms with Gasteiger partial charge in [-0.25, -0.2) is 13.8 Å². The van der Waals surface area contributed by atoms with Crippen LogP contribution in [0.5, 0.6) is 0 Å². The zero-order valence-electron chi connectivity index (χ0n) is 9.58. The average molecular weight is 333 g/mol. The Hall–Kier alpha value is -0.850. The summed E-state index contributed by atoms with van der Waals surface area (Å²) >= 11 is 4.52. The van der Waals surface area contributed by atoms with Crippen LogP contribution in [0.15, 0.2) is 22.0 Å². The SMILES string of the molecule is Cc1nc(CC(N)c2c(F)ccc(Br)c2F)cs1. The third-order valence-corrected chi connectivity index (χ3v) is 3.98. The molecule has 1 atom stereocenters. The highest BCUT2D eigenvalue weighted by Crippen LogP contribution is 2.27. The first-order valence-corrected chi connectivity index (χ1v) is 6.96. The van der Waals surface area contributed by atoms with Gasteiger partial charge in [0, 0.05) is 23.4 Å². The van der Waals surface area contributed by atoms with Crippen molar-refractivity contribution in [3.05, 3.63) is 49.9 Å². The third kappa shape index (κ3) is 2.76. The predicted molar refractivity (Wildman–Crippen MR) is 71.5 cm³/mol. The molecule has 96 valence electrons. The third-order valence-electron chi connectivity index (χ3n) is 2.55. The van der Waals surface area contributed by atoms with Crippen molar-refractivity contribution < 1.29 is 8.78 Å². The number of benzene rings is 1. The molecule has 1 heterocycles. The molecule has 6 heteroatoms. The maximum absolute atomic E-state index is 13.8. The van der Waals surface area contributed by atoms with Gasteiger partial charge in [0.05, 0.1) is 15.2 Å². The number of halogens is 3. The molecule has 1 aromatic heterocycles. The summed E-state index contributed by atoms with van der Waals surface area (Å²) in [4.78, 5) is 4.24. The van der Waals surface area contributed by atoms with Gasteiger partial charge in [-0.05, 0) is 35.0 Å². The van der Waals surface area contributed by atoms with Crippen LogP contribution in [0.3, 0.4) is 0 Å². The molecule has 2 rings (SSSR count). The monoisotopic (exact) mass is 332 g/mol. The van der Waals surface area contributed by atoms with Gasteiger partial charge in [-0.3, -0.25) is 0 Å². The standard InChI is InChI=1S/C12H11BrF2N2S/c1-6-17-7(5-18-6)4-10(16)11-9(14)3-2-8(13)12(11)15/h2-3,5,10H,4,16H2,1H3. The van der Waals surface area contributed by atoms with Gasteiger partial charge >= 0.3 is 0 Å². The zero-order valence-corrected chi connectivity index (χ0v) is 12.0. The van der Waals surface area contributed by atoms with E-state index in [4.69, 9.17) is 5.73 Å².